The fraction of sp³-hybridized carbons (Fsp3) is 0.500. The first kappa shape index (κ1) is 13.7. The van der Waals surface area contributed by atoms with E-state index in [9.17, 15) is 4.79 Å². The number of fused-ring (bicyclic) bond motifs is 1. The van der Waals surface area contributed by atoms with Gasteiger partial charge >= 0.3 is 0 Å². The Hall–Kier alpha value is -1.75. The molecule has 0 fully saturated rings. The molecule has 5 nitrogen and oxygen atoms in total. The number of hydrogen-bond acceptors (Lipinski definition) is 4. The van der Waals surface area contributed by atoms with Gasteiger partial charge in [-0.1, -0.05) is 12.1 Å². The number of benzene rings is 1. The van der Waals surface area contributed by atoms with Crippen LogP contribution in [0.15, 0.2) is 18.2 Å². The van der Waals surface area contributed by atoms with Crippen LogP contribution in [0, 0.1) is 0 Å². The van der Waals surface area contributed by atoms with Gasteiger partial charge < -0.3 is 19.7 Å². The third-order valence-electron chi connectivity index (χ3n) is 3.14. The number of carbonyl (C=O) groups excluding carboxylic acids is 1. The van der Waals surface area contributed by atoms with Gasteiger partial charge in [0.2, 0.25) is 5.91 Å². The number of ether oxygens (including phenoxy) is 2. The summed E-state index contributed by atoms with van der Waals surface area (Å²) in [6, 6.07) is 5.81. The van der Waals surface area contributed by atoms with Gasteiger partial charge in [-0.2, -0.15) is 0 Å². The van der Waals surface area contributed by atoms with E-state index in [1.54, 1.807) is 11.9 Å². The molecular weight excluding hydrogens is 244 g/mol. The molecule has 0 unspecified atom stereocenters. The van der Waals surface area contributed by atoms with Crippen molar-refractivity contribution in [1.82, 2.24) is 10.2 Å². The van der Waals surface area contributed by atoms with Crippen molar-refractivity contribution in [2.75, 3.05) is 33.4 Å². The van der Waals surface area contributed by atoms with Crippen molar-refractivity contribution in [2.45, 2.75) is 13.5 Å². The summed E-state index contributed by atoms with van der Waals surface area (Å²) in [6.07, 6.45) is 0. The van der Waals surface area contributed by atoms with Gasteiger partial charge in [0.1, 0.15) is 13.2 Å². The van der Waals surface area contributed by atoms with Gasteiger partial charge in [-0.3, -0.25) is 4.79 Å². The molecule has 1 heterocycles. The molecule has 0 saturated heterocycles. The van der Waals surface area contributed by atoms with Crippen LogP contribution in [0.4, 0.5) is 0 Å². The predicted octanol–water partition coefficient (Wildman–Crippen LogP) is 1.03. The smallest absolute Gasteiger partial charge is 0.236 e. The van der Waals surface area contributed by atoms with Crippen LogP contribution in [0.5, 0.6) is 11.5 Å². The zero-order valence-corrected chi connectivity index (χ0v) is 11.4. The molecule has 1 aliphatic rings. The lowest BCUT2D eigenvalue weighted by Gasteiger charge is -2.21. The summed E-state index contributed by atoms with van der Waals surface area (Å²) in [7, 11) is 1.80. The average molecular weight is 264 g/mol. The number of amides is 1. The van der Waals surface area contributed by atoms with E-state index in [1.807, 2.05) is 25.1 Å². The Morgan fingerprint density at radius 3 is 2.95 bits per heavy atom. The van der Waals surface area contributed by atoms with Gasteiger partial charge in [0.15, 0.2) is 11.5 Å². The van der Waals surface area contributed by atoms with E-state index < -0.39 is 0 Å². The van der Waals surface area contributed by atoms with Crippen molar-refractivity contribution in [3.63, 3.8) is 0 Å². The lowest BCUT2D eigenvalue weighted by Crippen LogP contribution is -2.35. The number of rotatable bonds is 5. The first-order chi connectivity index (χ1) is 9.22. The molecule has 2 rings (SSSR count). The van der Waals surface area contributed by atoms with Crippen LogP contribution in [0.1, 0.15) is 12.5 Å². The monoisotopic (exact) mass is 264 g/mol. The topological polar surface area (TPSA) is 50.8 Å². The molecule has 1 aromatic rings. The average Bonchev–Trinajstić information content (AvgIpc) is 2.46. The first-order valence-corrected chi connectivity index (χ1v) is 6.54. The van der Waals surface area contributed by atoms with E-state index in [0.717, 1.165) is 23.6 Å². The SMILES string of the molecule is CCN(C)C(=O)CNCc1cccc2c1OCCO2. The Kier molecular flexibility index (Phi) is 4.63. The Labute approximate surface area is 113 Å². The quantitative estimate of drug-likeness (QED) is 0.863. The summed E-state index contributed by atoms with van der Waals surface area (Å²) < 4.78 is 11.1. The second-order valence-corrected chi connectivity index (χ2v) is 4.45. The number of carbonyl (C=O) groups is 1. The predicted molar refractivity (Wildman–Crippen MR) is 72.4 cm³/mol. The normalized spacial score (nSPS) is 13.2. The van der Waals surface area contributed by atoms with Crippen molar-refractivity contribution in [2.24, 2.45) is 0 Å². The maximum absolute atomic E-state index is 11.7. The highest BCUT2D eigenvalue weighted by Gasteiger charge is 2.15. The molecule has 5 heteroatoms. The summed E-state index contributed by atoms with van der Waals surface area (Å²) in [4.78, 5) is 13.3. The van der Waals surface area contributed by atoms with E-state index in [1.165, 1.54) is 0 Å². The highest BCUT2D eigenvalue weighted by atomic mass is 16.6. The molecule has 1 N–H and O–H groups in total. The fourth-order valence-electron chi connectivity index (χ4n) is 1.89. The molecule has 0 radical (unpaired) electrons. The van der Waals surface area contributed by atoms with E-state index in [0.29, 0.717) is 26.3 Å². The van der Waals surface area contributed by atoms with Crippen molar-refractivity contribution < 1.29 is 14.3 Å². The van der Waals surface area contributed by atoms with E-state index in [2.05, 4.69) is 5.32 Å². The number of hydrogen-bond donors (Lipinski definition) is 1. The van der Waals surface area contributed by atoms with Crippen LogP contribution < -0.4 is 14.8 Å². The minimum Gasteiger partial charge on any atom is -0.486 e. The summed E-state index contributed by atoms with van der Waals surface area (Å²) in [5.74, 6) is 1.66. The minimum absolute atomic E-state index is 0.0875. The van der Waals surface area contributed by atoms with Gasteiger partial charge in [-0.05, 0) is 13.0 Å². The van der Waals surface area contributed by atoms with E-state index >= 15 is 0 Å². The molecule has 0 atom stereocenters. The zero-order chi connectivity index (χ0) is 13.7. The highest BCUT2D eigenvalue weighted by molar-refractivity contribution is 5.77. The summed E-state index contributed by atoms with van der Waals surface area (Å²) in [5.41, 5.74) is 1.02. The van der Waals surface area contributed by atoms with Crippen molar-refractivity contribution in [3.8, 4) is 11.5 Å². The van der Waals surface area contributed by atoms with Crippen molar-refractivity contribution >= 4 is 5.91 Å². The third kappa shape index (κ3) is 3.38. The molecule has 1 aliphatic heterocycles. The zero-order valence-electron chi connectivity index (χ0n) is 11.4. The summed E-state index contributed by atoms with van der Waals surface area (Å²) in [5, 5.41) is 3.14. The molecule has 0 bridgehead atoms. The van der Waals surface area contributed by atoms with Crippen LogP contribution >= 0.6 is 0 Å². The molecule has 1 aromatic carbocycles. The molecular formula is C14H20N2O3. The molecule has 104 valence electrons. The van der Waals surface area contributed by atoms with Gasteiger partial charge in [0.25, 0.3) is 0 Å². The number of para-hydroxylation sites is 1. The van der Waals surface area contributed by atoms with Gasteiger partial charge in [-0.15, -0.1) is 0 Å². The number of likely N-dealkylation sites (N-methyl/N-ethyl adjacent to an activating group) is 1. The third-order valence-corrected chi connectivity index (χ3v) is 3.14. The lowest BCUT2D eigenvalue weighted by molar-refractivity contribution is -0.128. The highest BCUT2D eigenvalue weighted by Crippen LogP contribution is 2.33. The van der Waals surface area contributed by atoms with E-state index in [-0.39, 0.29) is 5.91 Å². The maximum Gasteiger partial charge on any atom is 0.236 e. The van der Waals surface area contributed by atoms with E-state index in [4.69, 9.17) is 9.47 Å². The number of nitrogens with one attached hydrogen (secondary N) is 1. The maximum atomic E-state index is 11.7. The molecule has 0 spiro atoms. The minimum atomic E-state index is 0.0875. The summed E-state index contributed by atoms with van der Waals surface area (Å²) >= 11 is 0. The Morgan fingerprint density at radius 2 is 2.16 bits per heavy atom. The van der Waals surface area contributed by atoms with Crippen LogP contribution in [-0.4, -0.2) is 44.2 Å². The molecule has 0 aromatic heterocycles. The first-order valence-electron chi connectivity index (χ1n) is 6.54. The summed E-state index contributed by atoms with van der Waals surface area (Å²) in [6.45, 7) is 4.75. The second kappa shape index (κ2) is 6.43. The van der Waals surface area contributed by atoms with Crippen LogP contribution in [0.25, 0.3) is 0 Å². The Balaban J connectivity index is 1.91. The standard InChI is InChI=1S/C14H20N2O3/c1-3-16(2)13(17)10-15-9-11-5-4-6-12-14(11)19-8-7-18-12/h4-6,15H,3,7-10H2,1-2H3. The largest absolute Gasteiger partial charge is 0.486 e. The Bertz CT molecular complexity index is 448. The molecule has 1 amide bonds. The number of nitrogens with zero attached hydrogens (tertiary/aromatic N) is 1. The lowest BCUT2D eigenvalue weighted by atomic mass is 10.1. The van der Waals surface area contributed by atoms with Crippen molar-refractivity contribution in [3.05, 3.63) is 23.8 Å². The fourth-order valence-corrected chi connectivity index (χ4v) is 1.89. The molecule has 0 saturated carbocycles. The molecule has 19 heavy (non-hydrogen) atoms. The van der Waals surface area contributed by atoms with Crippen LogP contribution in [0.3, 0.4) is 0 Å². The second-order valence-electron chi connectivity index (χ2n) is 4.45. The van der Waals surface area contributed by atoms with Gasteiger partial charge in [0.05, 0.1) is 6.54 Å². The van der Waals surface area contributed by atoms with Crippen LogP contribution in [0.2, 0.25) is 0 Å². The van der Waals surface area contributed by atoms with Gasteiger partial charge in [0, 0.05) is 25.7 Å². The van der Waals surface area contributed by atoms with Crippen LogP contribution in [-0.2, 0) is 11.3 Å². The molecule has 0 aliphatic carbocycles. The Morgan fingerprint density at radius 1 is 1.37 bits per heavy atom. The van der Waals surface area contributed by atoms with Gasteiger partial charge in [-0.25, -0.2) is 0 Å². The van der Waals surface area contributed by atoms with Crippen molar-refractivity contribution in [1.29, 1.82) is 0 Å².